The second-order valence-corrected chi connectivity index (χ2v) is 5.73. The van der Waals surface area contributed by atoms with Gasteiger partial charge in [-0.3, -0.25) is 4.79 Å². The molecule has 0 aliphatic carbocycles. The number of amides is 1. The Morgan fingerprint density at radius 2 is 2.12 bits per heavy atom. The first-order valence-electron chi connectivity index (χ1n) is 8.01. The molecular formula is C19H21N3O3. The van der Waals surface area contributed by atoms with Crippen molar-refractivity contribution in [3.8, 4) is 11.5 Å². The van der Waals surface area contributed by atoms with E-state index in [4.69, 9.17) is 15.2 Å². The fourth-order valence-corrected chi connectivity index (χ4v) is 2.65. The van der Waals surface area contributed by atoms with Crippen molar-refractivity contribution in [2.45, 2.75) is 6.92 Å². The van der Waals surface area contributed by atoms with Crippen LogP contribution in [-0.2, 0) is 4.79 Å². The van der Waals surface area contributed by atoms with Crippen molar-refractivity contribution in [1.29, 1.82) is 0 Å². The molecule has 0 fully saturated rings. The van der Waals surface area contributed by atoms with Crippen molar-refractivity contribution in [3.63, 3.8) is 0 Å². The molecule has 0 atom stereocenters. The summed E-state index contributed by atoms with van der Waals surface area (Å²) in [6.07, 6.45) is 1.92. The molecule has 0 radical (unpaired) electrons. The highest BCUT2D eigenvalue weighted by Crippen LogP contribution is 2.39. The molecule has 0 spiro atoms. The van der Waals surface area contributed by atoms with E-state index >= 15 is 0 Å². The Balaban J connectivity index is 1.93. The molecule has 1 heterocycles. The summed E-state index contributed by atoms with van der Waals surface area (Å²) < 4.78 is 11.4. The van der Waals surface area contributed by atoms with Crippen LogP contribution in [0.15, 0.2) is 48.7 Å². The third-order valence-corrected chi connectivity index (χ3v) is 3.87. The quantitative estimate of drug-likeness (QED) is 0.819. The summed E-state index contributed by atoms with van der Waals surface area (Å²) in [5, 5.41) is 2.81. The molecule has 0 bridgehead atoms. The molecule has 0 saturated heterocycles. The third kappa shape index (κ3) is 3.85. The lowest BCUT2D eigenvalue weighted by Crippen LogP contribution is -2.32. The molecule has 0 unspecified atom stereocenters. The van der Waals surface area contributed by atoms with Crippen LogP contribution in [0.5, 0.6) is 11.5 Å². The standard InChI is InChI=1S/C19H21N3O3/c1-13(23)21-8-9-22-12-19(14-4-3-5-15(20)10-14)25-18-7-6-16(24-2)11-17(18)22/h3-7,10-12H,8-9,20H2,1-2H3,(H,21,23). The Morgan fingerprint density at radius 3 is 2.84 bits per heavy atom. The Hall–Kier alpha value is -3.15. The van der Waals surface area contributed by atoms with E-state index in [1.807, 2.05) is 53.6 Å². The molecule has 0 aromatic heterocycles. The molecule has 1 aliphatic heterocycles. The van der Waals surface area contributed by atoms with E-state index in [-0.39, 0.29) is 5.91 Å². The van der Waals surface area contributed by atoms with E-state index in [0.29, 0.717) is 24.5 Å². The zero-order valence-corrected chi connectivity index (χ0v) is 14.3. The fraction of sp³-hybridized carbons (Fsp3) is 0.211. The van der Waals surface area contributed by atoms with Gasteiger partial charge in [0.1, 0.15) is 5.75 Å². The number of hydrogen-bond donors (Lipinski definition) is 2. The number of anilines is 2. The molecule has 25 heavy (non-hydrogen) atoms. The number of carbonyl (C=O) groups is 1. The maximum atomic E-state index is 11.2. The van der Waals surface area contributed by atoms with Gasteiger partial charge in [0.05, 0.1) is 12.8 Å². The highest BCUT2D eigenvalue weighted by molar-refractivity contribution is 5.76. The third-order valence-electron chi connectivity index (χ3n) is 3.87. The van der Waals surface area contributed by atoms with E-state index in [1.54, 1.807) is 7.11 Å². The van der Waals surface area contributed by atoms with Crippen LogP contribution in [0.3, 0.4) is 0 Å². The maximum absolute atomic E-state index is 11.2. The van der Waals surface area contributed by atoms with Gasteiger partial charge in [-0.15, -0.1) is 0 Å². The predicted octanol–water partition coefficient (Wildman–Crippen LogP) is 2.61. The van der Waals surface area contributed by atoms with E-state index in [1.165, 1.54) is 6.92 Å². The largest absolute Gasteiger partial charge is 0.497 e. The van der Waals surface area contributed by atoms with Gasteiger partial charge in [-0.05, 0) is 24.3 Å². The first-order chi connectivity index (χ1) is 12.1. The Morgan fingerprint density at radius 1 is 1.28 bits per heavy atom. The van der Waals surface area contributed by atoms with Crippen molar-refractivity contribution in [2.24, 2.45) is 0 Å². The number of methoxy groups -OCH3 is 1. The number of hydrogen-bond acceptors (Lipinski definition) is 5. The van der Waals surface area contributed by atoms with Crippen LogP contribution >= 0.6 is 0 Å². The van der Waals surface area contributed by atoms with Gasteiger partial charge in [0.2, 0.25) is 5.91 Å². The molecule has 1 amide bonds. The van der Waals surface area contributed by atoms with Gasteiger partial charge in [0.25, 0.3) is 0 Å². The average molecular weight is 339 g/mol. The van der Waals surface area contributed by atoms with Gasteiger partial charge in [-0.2, -0.15) is 0 Å². The minimum Gasteiger partial charge on any atom is -0.497 e. The number of nitrogens with zero attached hydrogens (tertiary/aromatic N) is 1. The molecule has 1 aliphatic rings. The van der Waals surface area contributed by atoms with Gasteiger partial charge >= 0.3 is 0 Å². The van der Waals surface area contributed by atoms with Crippen molar-refractivity contribution < 1.29 is 14.3 Å². The number of fused-ring (bicyclic) bond motifs is 1. The van der Waals surface area contributed by atoms with Crippen LogP contribution in [0, 0.1) is 0 Å². The van der Waals surface area contributed by atoms with Gasteiger partial charge in [-0.25, -0.2) is 0 Å². The topological polar surface area (TPSA) is 76.8 Å². The van der Waals surface area contributed by atoms with Gasteiger partial charge < -0.3 is 25.4 Å². The first kappa shape index (κ1) is 16.7. The lowest BCUT2D eigenvalue weighted by atomic mass is 10.1. The number of carbonyl (C=O) groups excluding carboxylic acids is 1. The fourth-order valence-electron chi connectivity index (χ4n) is 2.65. The Kier molecular flexibility index (Phi) is 4.79. The number of ether oxygens (including phenoxy) is 2. The molecule has 3 N–H and O–H groups in total. The van der Waals surface area contributed by atoms with Crippen molar-refractivity contribution >= 4 is 23.0 Å². The van der Waals surface area contributed by atoms with Crippen LogP contribution in [-0.4, -0.2) is 26.1 Å². The summed E-state index contributed by atoms with van der Waals surface area (Å²) in [6.45, 7) is 2.63. The van der Waals surface area contributed by atoms with Crippen LogP contribution in [0.2, 0.25) is 0 Å². The van der Waals surface area contributed by atoms with Gasteiger partial charge in [0, 0.05) is 43.5 Å². The molecule has 130 valence electrons. The first-order valence-corrected chi connectivity index (χ1v) is 8.01. The number of rotatable bonds is 5. The summed E-state index contributed by atoms with van der Waals surface area (Å²) in [5.41, 5.74) is 8.34. The van der Waals surface area contributed by atoms with E-state index < -0.39 is 0 Å². The Labute approximate surface area is 146 Å². The van der Waals surface area contributed by atoms with Crippen LogP contribution in [0.25, 0.3) is 5.76 Å². The molecule has 2 aromatic carbocycles. The lowest BCUT2D eigenvalue weighted by Gasteiger charge is -2.29. The second-order valence-electron chi connectivity index (χ2n) is 5.73. The monoisotopic (exact) mass is 339 g/mol. The number of nitrogens with two attached hydrogens (primary N) is 1. The summed E-state index contributed by atoms with van der Waals surface area (Å²) >= 11 is 0. The van der Waals surface area contributed by atoms with E-state index in [0.717, 1.165) is 22.7 Å². The average Bonchev–Trinajstić information content (AvgIpc) is 2.60. The minimum atomic E-state index is -0.0563. The highest BCUT2D eigenvalue weighted by atomic mass is 16.5. The van der Waals surface area contributed by atoms with Crippen molar-refractivity contribution in [1.82, 2.24) is 5.32 Å². The summed E-state index contributed by atoms with van der Waals surface area (Å²) in [6, 6.07) is 13.2. The second kappa shape index (κ2) is 7.17. The molecule has 6 nitrogen and oxygen atoms in total. The number of benzene rings is 2. The maximum Gasteiger partial charge on any atom is 0.216 e. The SMILES string of the molecule is COc1ccc2c(c1)N(CCNC(C)=O)C=C(c1cccc(N)c1)O2. The smallest absolute Gasteiger partial charge is 0.216 e. The van der Waals surface area contributed by atoms with E-state index in [2.05, 4.69) is 5.32 Å². The minimum absolute atomic E-state index is 0.0563. The van der Waals surface area contributed by atoms with Crippen LogP contribution < -0.4 is 25.4 Å². The molecule has 2 aromatic rings. The molecule has 3 rings (SSSR count). The van der Waals surface area contributed by atoms with Crippen LogP contribution in [0.1, 0.15) is 12.5 Å². The summed E-state index contributed by atoms with van der Waals surface area (Å²) in [4.78, 5) is 13.2. The normalized spacial score (nSPS) is 12.7. The zero-order valence-electron chi connectivity index (χ0n) is 14.3. The molecular weight excluding hydrogens is 318 g/mol. The highest BCUT2D eigenvalue weighted by Gasteiger charge is 2.21. The van der Waals surface area contributed by atoms with Gasteiger partial charge in [-0.1, -0.05) is 12.1 Å². The number of nitrogens with one attached hydrogen (secondary N) is 1. The van der Waals surface area contributed by atoms with Crippen molar-refractivity contribution in [3.05, 3.63) is 54.2 Å². The summed E-state index contributed by atoms with van der Waals surface area (Å²) in [5.74, 6) is 2.11. The number of nitrogen functional groups attached to an aromatic ring is 1. The zero-order chi connectivity index (χ0) is 17.8. The molecule has 6 heteroatoms. The Bertz CT molecular complexity index is 817. The van der Waals surface area contributed by atoms with E-state index in [9.17, 15) is 4.79 Å². The lowest BCUT2D eigenvalue weighted by molar-refractivity contribution is -0.118. The van der Waals surface area contributed by atoms with Gasteiger partial charge in [0.15, 0.2) is 11.5 Å². The molecule has 0 saturated carbocycles. The summed E-state index contributed by atoms with van der Waals surface area (Å²) in [7, 11) is 1.63. The predicted molar refractivity (Wildman–Crippen MR) is 98.5 cm³/mol. The van der Waals surface area contributed by atoms with Crippen molar-refractivity contribution in [2.75, 3.05) is 30.8 Å². The van der Waals surface area contributed by atoms with Crippen LogP contribution in [0.4, 0.5) is 11.4 Å².